The van der Waals surface area contributed by atoms with Crippen LogP contribution in [0, 0.1) is 0 Å². The van der Waals surface area contributed by atoms with Crippen LogP contribution in [0.4, 0.5) is 5.82 Å². The second-order valence-electron chi connectivity index (χ2n) is 4.39. The molecule has 2 aromatic heterocycles. The maximum absolute atomic E-state index is 12.0. The molecule has 3 aromatic rings. The van der Waals surface area contributed by atoms with Crippen molar-refractivity contribution in [1.29, 1.82) is 0 Å². The molecule has 2 heterocycles. The lowest BCUT2D eigenvalue weighted by Gasteiger charge is -2.08. The molecule has 106 valence electrons. The SMILES string of the molecule is COc1ccccc1-c1c(N)noc1-c1c[nH]ccc1=O. The number of nitrogens with two attached hydrogens (primary N) is 1. The summed E-state index contributed by atoms with van der Waals surface area (Å²) in [6, 6.07) is 8.76. The van der Waals surface area contributed by atoms with Crippen LogP contribution in [-0.2, 0) is 0 Å². The van der Waals surface area contributed by atoms with Gasteiger partial charge in [-0.05, 0) is 6.07 Å². The fraction of sp³-hybridized carbons (Fsp3) is 0.0667. The number of aromatic nitrogens is 2. The number of anilines is 1. The first kappa shape index (κ1) is 13.0. The Morgan fingerprint density at radius 3 is 2.81 bits per heavy atom. The van der Waals surface area contributed by atoms with Crippen LogP contribution in [0.1, 0.15) is 0 Å². The third kappa shape index (κ3) is 2.16. The highest BCUT2D eigenvalue weighted by atomic mass is 16.5. The number of aromatic amines is 1. The number of pyridine rings is 1. The summed E-state index contributed by atoms with van der Waals surface area (Å²) >= 11 is 0. The van der Waals surface area contributed by atoms with Crippen molar-refractivity contribution in [2.45, 2.75) is 0 Å². The van der Waals surface area contributed by atoms with Crippen LogP contribution in [0.2, 0.25) is 0 Å². The van der Waals surface area contributed by atoms with Crippen molar-refractivity contribution >= 4 is 5.82 Å². The molecule has 6 nitrogen and oxygen atoms in total. The molecule has 0 atom stereocenters. The molecule has 0 bridgehead atoms. The summed E-state index contributed by atoms with van der Waals surface area (Å²) in [5.41, 5.74) is 7.36. The van der Waals surface area contributed by atoms with Crippen LogP contribution in [0.15, 0.2) is 52.0 Å². The monoisotopic (exact) mass is 283 g/mol. The second kappa shape index (κ2) is 5.16. The number of benzene rings is 1. The van der Waals surface area contributed by atoms with Gasteiger partial charge in [-0.2, -0.15) is 0 Å². The van der Waals surface area contributed by atoms with Crippen LogP contribution >= 0.6 is 0 Å². The minimum absolute atomic E-state index is 0.180. The molecule has 0 aliphatic rings. The van der Waals surface area contributed by atoms with Gasteiger partial charge in [-0.3, -0.25) is 4.79 Å². The Balaban J connectivity index is 2.28. The fourth-order valence-electron chi connectivity index (χ4n) is 2.19. The van der Waals surface area contributed by atoms with E-state index in [1.54, 1.807) is 25.6 Å². The number of nitrogens with one attached hydrogen (secondary N) is 1. The Bertz CT molecular complexity index is 836. The number of hydrogen-bond donors (Lipinski definition) is 2. The van der Waals surface area contributed by atoms with E-state index in [9.17, 15) is 4.79 Å². The van der Waals surface area contributed by atoms with E-state index in [-0.39, 0.29) is 11.2 Å². The highest BCUT2D eigenvalue weighted by Gasteiger charge is 2.21. The molecule has 0 radical (unpaired) electrons. The van der Waals surface area contributed by atoms with Gasteiger partial charge in [0.15, 0.2) is 17.0 Å². The van der Waals surface area contributed by atoms with Crippen LogP contribution in [0.25, 0.3) is 22.5 Å². The molecule has 6 heteroatoms. The Morgan fingerprint density at radius 2 is 2.05 bits per heavy atom. The van der Waals surface area contributed by atoms with Crippen molar-refractivity contribution < 1.29 is 9.26 Å². The summed E-state index contributed by atoms with van der Waals surface area (Å²) < 4.78 is 10.6. The molecule has 0 amide bonds. The Morgan fingerprint density at radius 1 is 1.24 bits per heavy atom. The average Bonchev–Trinajstić information content (AvgIpc) is 2.89. The molecule has 0 saturated carbocycles. The third-order valence-corrected chi connectivity index (χ3v) is 3.16. The predicted octanol–water partition coefficient (Wildman–Crippen LogP) is 2.29. The van der Waals surface area contributed by atoms with Gasteiger partial charge in [-0.25, -0.2) is 0 Å². The van der Waals surface area contributed by atoms with Crippen molar-refractivity contribution in [3.05, 3.63) is 52.9 Å². The van der Waals surface area contributed by atoms with Crippen molar-refractivity contribution in [2.24, 2.45) is 0 Å². The Kier molecular flexibility index (Phi) is 3.19. The van der Waals surface area contributed by atoms with Gasteiger partial charge in [0.25, 0.3) is 0 Å². The predicted molar refractivity (Wildman–Crippen MR) is 79.0 cm³/mol. The number of methoxy groups -OCH3 is 1. The van der Waals surface area contributed by atoms with Gasteiger partial charge in [-0.15, -0.1) is 0 Å². The molecule has 0 aliphatic carbocycles. The van der Waals surface area contributed by atoms with E-state index in [2.05, 4.69) is 10.1 Å². The summed E-state index contributed by atoms with van der Waals surface area (Å²) in [6.07, 6.45) is 3.11. The number of nitrogen functional groups attached to an aromatic ring is 1. The summed E-state index contributed by atoms with van der Waals surface area (Å²) in [4.78, 5) is 14.8. The number of nitrogens with zero attached hydrogens (tertiary/aromatic N) is 1. The van der Waals surface area contributed by atoms with Crippen molar-refractivity contribution in [2.75, 3.05) is 12.8 Å². The molecular formula is C15H13N3O3. The highest BCUT2D eigenvalue weighted by Crippen LogP contribution is 2.39. The number of H-pyrrole nitrogens is 1. The number of ether oxygens (including phenoxy) is 1. The largest absolute Gasteiger partial charge is 0.496 e. The topological polar surface area (TPSA) is 94.1 Å². The van der Waals surface area contributed by atoms with Gasteiger partial charge in [0, 0.05) is 24.0 Å². The number of para-hydroxylation sites is 1. The average molecular weight is 283 g/mol. The van der Waals surface area contributed by atoms with Crippen molar-refractivity contribution in [3.63, 3.8) is 0 Å². The standard InChI is InChI=1S/C15H13N3O3/c1-20-12-5-3-2-4-9(12)13-14(21-18-15(13)16)10-8-17-7-6-11(10)19/h2-8H,1H3,(H2,16,18)(H,17,19). The lowest BCUT2D eigenvalue weighted by molar-refractivity contribution is 0.416. The van der Waals surface area contributed by atoms with E-state index in [4.69, 9.17) is 15.0 Å². The van der Waals surface area contributed by atoms with E-state index in [0.717, 1.165) is 5.56 Å². The highest BCUT2D eigenvalue weighted by molar-refractivity contribution is 5.88. The minimum atomic E-state index is -0.180. The zero-order valence-electron chi connectivity index (χ0n) is 11.3. The zero-order chi connectivity index (χ0) is 14.8. The molecule has 0 saturated heterocycles. The van der Waals surface area contributed by atoms with E-state index in [1.165, 1.54) is 6.07 Å². The minimum Gasteiger partial charge on any atom is -0.496 e. The first-order chi connectivity index (χ1) is 10.2. The Hall–Kier alpha value is -3.02. The van der Waals surface area contributed by atoms with Crippen molar-refractivity contribution in [3.8, 4) is 28.2 Å². The van der Waals surface area contributed by atoms with Crippen molar-refractivity contribution in [1.82, 2.24) is 10.1 Å². The van der Waals surface area contributed by atoms with E-state index in [1.807, 2.05) is 18.2 Å². The molecule has 3 rings (SSSR count). The van der Waals surface area contributed by atoms with Gasteiger partial charge in [0.05, 0.1) is 18.2 Å². The second-order valence-corrected chi connectivity index (χ2v) is 4.39. The molecule has 0 spiro atoms. The summed E-state index contributed by atoms with van der Waals surface area (Å²) in [7, 11) is 1.57. The van der Waals surface area contributed by atoms with Gasteiger partial charge in [0.1, 0.15) is 5.75 Å². The quantitative estimate of drug-likeness (QED) is 0.769. The maximum atomic E-state index is 12.0. The summed E-state index contributed by atoms with van der Waals surface area (Å²) in [6.45, 7) is 0. The van der Waals surface area contributed by atoms with Gasteiger partial charge >= 0.3 is 0 Å². The smallest absolute Gasteiger partial charge is 0.192 e. The first-order valence-electron chi connectivity index (χ1n) is 6.28. The molecule has 0 fully saturated rings. The van der Waals surface area contributed by atoms with Gasteiger partial charge < -0.3 is 20.0 Å². The summed E-state index contributed by atoms with van der Waals surface area (Å²) in [5.74, 6) is 1.15. The lowest BCUT2D eigenvalue weighted by Crippen LogP contribution is -2.03. The lowest BCUT2D eigenvalue weighted by atomic mass is 10.0. The molecule has 1 aromatic carbocycles. The Labute approximate surface area is 120 Å². The molecule has 0 unspecified atom stereocenters. The third-order valence-electron chi connectivity index (χ3n) is 3.16. The maximum Gasteiger partial charge on any atom is 0.192 e. The number of rotatable bonds is 3. The van der Waals surface area contributed by atoms with E-state index >= 15 is 0 Å². The van der Waals surface area contributed by atoms with Crippen LogP contribution in [0.5, 0.6) is 5.75 Å². The molecule has 0 aliphatic heterocycles. The van der Waals surface area contributed by atoms with Gasteiger partial charge in [-0.1, -0.05) is 23.4 Å². The van der Waals surface area contributed by atoms with Crippen LogP contribution in [0.3, 0.4) is 0 Å². The molecular weight excluding hydrogens is 270 g/mol. The van der Waals surface area contributed by atoms with E-state index < -0.39 is 0 Å². The molecule has 21 heavy (non-hydrogen) atoms. The van der Waals surface area contributed by atoms with E-state index in [0.29, 0.717) is 22.6 Å². The number of hydrogen-bond acceptors (Lipinski definition) is 5. The van der Waals surface area contributed by atoms with Crippen LogP contribution < -0.4 is 15.9 Å². The van der Waals surface area contributed by atoms with Gasteiger partial charge in [0.2, 0.25) is 0 Å². The normalized spacial score (nSPS) is 10.5. The molecule has 3 N–H and O–H groups in total. The summed E-state index contributed by atoms with van der Waals surface area (Å²) in [5, 5.41) is 3.78. The first-order valence-corrected chi connectivity index (χ1v) is 6.28. The van der Waals surface area contributed by atoms with Crippen LogP contribution in [-0.4, -0.2) is 17.3 Å². The zero-order valence-corrected chi connectivity index (χ0v) is 11.3. The fourth-order valence-corrected chi connectivity index (χ4v) is 2.19.